The van der Waals surface area contributed by atoms with Gasteiger partial charge in [0.2, 0.25) is 11.7 Å². The van der Waals surface area contributed by atoms with E-state index in [-0.39, 0.29) is 6.42 Å². The molecule has 0 spiro atoms. The lowest BCUT2D eigenvalue weighted by atomic mass is 9.95. The molecule has 0 bridgehead atoms. The van der Waals surface area contributed by atoms with Crippen molar-refractivity contribution in [3.63, 3.8) is 0 Å². The van der Waals surface area contributed by atoms with E-state index >= 15 is 0 Å². The highest BCUT2D eigenvalue weighted by Crippen LogP contribution is 2.26. The van der Waals surface area contributed by atoms with E-state index in [1.54, 1.807) is 13.8 Å². The van der Waals surface area contributed by atoms with Crippen LogP contribution in [0.5, 0.6) is 0 Å². The fraction of sp³-hybridized carbons (Fsp3) is 0.783. The lowest BCUT2D eigenvalue weighted by Crippen LogP contribution is -2.57. The standard InChI is InChI=1S/C23H40N2O9S/c1-6-7-10-23(5,35)32-12-11-22(3,4)25-21(31)34-19(16(28)13-26)18-15(24-14(2)27)8-9-17(33-18)20(29)30/h9,15-16,18-19,26,28,35H,6-8,10-13H2,1-5H3,(H,24,27)(H,25,31)(H,29,30)/t15-,16-,18-,19-,23?/m1/s1. The smallest absolute Gasteiger partial charge is 0.408 e. The number of aliphatic carboxylic acids is 1. The van der Waals surface area contributed by atoms with E-state index in [9.17, 15) is 29.7 Å². The minimum atomic E-state index is -1.59. The number of thiol groups is 1. The van der Waals surface area contributed by atoms with Crippen LogP contribution in [-0.2, 0) is 23.8 Å². The van der Waals surface area contributed by atoms with Crippen LogP contribution in [0.3, 0.4) is 0 Å². The molecule has 1 rings (SSSR count). The van der Waals surface area contributed by atoms with Crippen molar-refractivity contribution < 1.29 is 43.9 Å². The number of aliphatic hydroxyl groups excluding tert-OH is 2. The number of carbonyl (C=O) groups excluding carboxylic acids is 2. The van der Waals surface area contributed by atoms with Crippen molar-refractivity contribution in [3.8, 4) is 0 Å². The number of carbonyl (C=O) groups is 3. The Morgan fingerprint density at radius 3 is 2.49 bits per heavy atom. The molecule has 0 aromatic rings. The number of unbranched alkanes of at least 4 members (excludes halogenated alkanes) is 1. The van der Waals surface area contributed by atoms with Crippen molar-refractivity contribution in [1.82, 2.24) is 10.6 Å². The van der Waals surface area contributed by atoms with Crippen LogP contribution in [0.1, 0.15) is 66.7 Å². The van der Waals surface area contributed by atoms with Gasteiger partial charge in [0.25, 0.3) is 0 Å². The summed E-state index contributed by atoms with van der Waals surface area (Å²) in [5, 5.41) is 34.5. The molecule has 11 nitrogen and oxygen atoms in total. The van der Waals surface area contributed by atoms with Gasteiger partial charge >= 0.3 is 12.1 Å². The Balaban J connectivity index is 2.88. The average molecular weight is 521 g/mol. The van der Waals surface area contributed by atoms with E-state index in [0.717, 1.165) is 19.3 Å². The monoisotopic (exact) mass is 520 g/mol. The Labute approximate surface area is 212 Å². The van der Waals surface area contributed by atoms with Gasteiger partial charge in [-0.1, -0.05) is 13.3 Å². The SMILES string of the molecule is CCCCC(C)(S)OCCC(C)(C)NC(=O)O[C@@H]([C@@H]1OC(C(=O)O)=CC[C@H]1NC(C)=O)[C@H](O)CO. The van der Waals surface area contributed by atoms with Gasteiger partial charge in [0, 0.05) is 12.5 Å². The predicted molar refractivity (Wildman–Crippen MR) is 131 cm³/mol. The maximum atomic E-state index is 12.7. The first-order chi connectivity index (χ1) is 16.2. The first-order valence-electron chi connectivity index (χ1n) is 11.7. The number of amides is 2. The molecular formula is C23H40N2O9S. The third-order valence-electron chi connectivity index (χ3n) is 5.52. The molecule has 12 heteroatoms. The number of alkyl carbamates (subject to hydrolysis) is 1. The van der Waals surface area contributed by atoms with Gasteiger partial charge in [-0.25, -0.2) is 9.59 Å². The Bertz CT molecular complexity index is 757. The summed E-state index contributed by atoms with van der Waals surface area (Å²) < 4.78 is 16.7. The van der Waals surface area contributed by atoms with Crippen molar-refractivity contribution in [2.24, 2.45) is 0 Å². The van der Waals surface area contributed by atoms with E-state index in [1.165, 1.54) is 13.0 Å². The highest BCUT2D eigenvalue weighted by Gasteiger charge is 2.42. The van der Waals surface area contributed by atoms with Crippen molar-refractivity contribution >= 4 is 30.6 Å². The van der Waals surface area contributed by atoms with Gasteiger partial charge in [0.1, 0.15) is 11.0 Å². The number of nitrogens with one attached hydrogen (secondary N) is 2. The van der Waals surface area contributed by atoms with Crippen molar-refractivity contribution in [2.45, 2.75) is 102 Å². The summed E-state index contributed by atoms with van der Waals surface area (Å²) in [6, 6.07) is -0.799. The third-order valence-corrected chi connectivity index (χ3v) is 5.88. The maximum Gasteiger partial charge on any atom is 0.408 e. The summed E-state index contributed by atoms with van der Waals surface area (Å²) in [5.41, 5.74) is -0.767. The molecule has 5 N–H and O–H groups in total. The molecule has 35 heavy (non-hydrogen) atoms. The first-order valence-corrected chi connectivity index (χ1v) is 12.2. The zero-order chi connectivity index (χ0) is 26.8. The van der Waals surface area contributed by atoms with Gasteiger partial charge in [-0.15, -0.1) is 12.6 Å². The molecule has 1 unspecified atom stereocenters. The molecular weight excluding hydrogens is 480 g/mol. The lowest BCUT2D eigenvalue weighted by molar-refractivity contribution is -0.145. The topological polar surface area (TPSA) is 164 Å². The van der Waals surface area contributed by atoms with E-state index < -0.39 is 65.2 Å². The zero-order valence-corrected chi connectivity index (χ0v) is 22.0. The van der Waals surface area contributed by atoms with Crippen LogP contribution in [-0.4, -0.2) is 81.3 Å². The number of aliphatic hydroxyl groups is 2. The molecule has 1 heterocycles. The van der Waals surface area contributed by atoms with Crippen LogP contribution in [0.2, 0.25) is 0 Å². The Hall–Kier alpha value is -2.02. The van der Waals surface area contributed by atoms with Crippen LogP contribution >= 0.6 is 12.6 Å². The highest BCUT2D eigenvalue weighted by molar-refractivity contribution is 7.81. The van der Waals surface area contributed by atoms with Crippen LogP contribution in [0.4, 0.5) is 4.79 Å². The zero-order valence-electron chi connectivity index (χ0n) is 21.1. The second kappa shape index (κ2) is 13.9. The van der Waals surface area contributed by atoms with E-state index in [0.29, 0.717) is 13.0 Å². The Kier molecular flexibility index (Phi) is 12.3. The largest absolute Gasteiger partial charge is 0.477 e. The van der Waals surface area contributed by atoms with Crippen molar-refractivity contribution in [2.75, 3.05) is 13.2 Å². The molecule has 0 aliphatic carbocycles. The van der Waals surface area contributed by atoms with Gasteiger partial charge in [-0.2, -0.15) is 0 Å². The van der Waals surface area contributed by atoms with Crippen LogP contribution in [0.25, 0.3) is 0 Å². The summed E-state index contributed by atoms with van der Waals surface area (Å²) in [7, 11) is 0. The number of hydrogen-bond donors (Lipinski definition) is 6. The second-order valence-corrected chi connectivity index (χ2v) is 10.5. The molecule has 2 amide bonds. The molecule has 0 fully saturated rings. The molecule has 202 valence electrons. The van der Waals surface area contributed by atoms with E-state index in [4.69, 9.17) is 14.2 Å². The van der Waals surface area contributed by atoms with Gasteiger partial charge < -0.3 is 40.2 Å². The van der Waals surface area contributed by atoms with E-state index in [1.807, 2.05) is 6.92 Å². The third kappa shape index (κ3) is 11.1. The lowest BCUT2D eigenvalue weighted by Gasteiger charge is -2.38. The fourth-order valence-corrected chi connectivity index (χ4v) is 3.79. The summed E-state index contributed by atoms with van der Waals surface area (Å²) in [6.07, 6.45) is -0.672. The minimum Gasteiger partial charge on any atom is -0.477 e. The molecule has 1 aliphatic rings. The molecule has 5 atom stereocenters. The number of carboxylic acids is 1. The maximum absolute atomic E-state index is 12.7. The summed E-state index contributed by atoms with van der Waals surface area (Å²) >= 11 is 4.54. The summed E-state index contributed by atoms with van der Waals surface area (Å²) in [5.74, 6) is -2.19. The normalized spacial score (nSPS) is 21.5. The number of rotatable bonds is 14. The second-order valence-electron chi connectivity index (χ2n) is 9.50. The first kappa shape index (κ1) is 31.0. The molecule has 1 aliphatic heterocycles. The highest BCUT2D eigenvalue weighted by atomic mass is 32.1. The van der Waals surface area contributed by atoms with Gasteiger partial charge in [-0.3, -0.25) is 4.79 Å². The van der Waals surface area contributed by atoms with Gasteiger partial charge in [0.15, 0.2) is 12.2 Å². The van der Waals surface area contributed by atoms with Gasteiger partial charge in [-0.05, 0) is 52.5 Å². The molecule has 0 aromatic heterocycles. The predicted octanol–water partition coefficient (Wildman–Crippen LogP) is 1.72. The molecule has 0 aromatic carbocycles. The minimum absolute atomic E-state index is 0.0644. The molecule has 0 saturated carbocycles. The van der Waals surface area contributed by atoms with Crippen LogP contribution in [0, 0.1) is 0 Å². The average Bonchev–Trinajstić information content (AvgIpc) is 2.74. The van der Waals surface area contributed by atoms with Crippen molar-refractivity contribution in [3.05, 3.63) is 11.8 Å². The molecule has 0 radical (unpaired) electrons. The fourth-order valence-electron chi connectivity index (χ4n) is 3.54. The summed E-state index contributed by atoms with van der Waals surface area (Å²) in [6.45, 7) is 8.30. The number of hydrogen-bond acceptors (Lipinski definition) is 9. The van der Waals surface area contributed by atoms with E-state index in [2.05, 4.69) is 30.2 Å². The van der Waals surface area contributed by atoms with Crippen molar-refractivity contribution in [1.29, 1.82) is 0 Å². The molecule has 0 saturated heterocycles. The quantitative estimate of drug-likeness (QED) is 0.148. The Morgan fingerprint density at radius 2 is 1.94 bits per heavy atom. The van der Waals surface area contributed by atoms with Crippen LogP contribution < -0.4 is 10.6 Å². The summed E-state index contributed by atoms with van der Waals surface area (Å²) in [4.78, 5) is 35.2. The number of carboxylic acid groups (broad SMARTS) is 1. The number of ether oxygens (including phenoxy) is 3. The van der Waals surface area contributed by atoms with Gasteiger partial charge in [0.05, 0.1) is 19.3 Å². The van der Waals surface area contributed by atoms with Crippen LogP contribution in [0.15, 0.2) is 11.8 Å². The Morgan fingerprint density at radius 1 is 1.29 bits per heavy atom.